The smallest absolute Gasteiger partial charge is 0.270 e. The molecule has 4 aliphatic rings. The Morgan fingerprint density at radius 3 is 1.22 bits per heavy atom. The summed E-state index contributed by atoms with van der Waals surface area (Å²) in [6, 6.07) is 49.1. The van der Waals surface area contributed by atoms with Crippen molar-refractivity contribution in [2.75, 3.05) is 126 Å². The molecule has 3 unspecified atom stereocenters. The van der Waals surface area contributed by atoms with Crippen LogP contribution in [0, 0.1) is 5.92 Å². The standard InChI is InChI=1S/C33H34N6O2.C28H30N6O4.C28H32N6O3/c1-3-24-6-4-5-7-25(24)22-41-27-10-12-34-30(21-27)29-11-13-35-32(37-29)19-23-8-9-28-26(18-23)20-31(36-28)33(40)39-16-14-38(2)15-17-39;1-33-8-10-34(11-9-33)28(36)24-14-19-12-18(2-3-21(19)31-24)13-27-30-7-5-22(32-27)23-15-20(4-6-29-23)38-26-17-37-16-25(26)35;1-19(17-35)18-37-22-5-7-29-25(16-22)24-6-8-30-27(32-24)14-20-3-4-23-21(13-20)15-26(31-23)28(36)34-11-9-33(2)10-12-34/h4-13,18,20-21,36H,3,14-17,19,22H2,1-2H3;2-7,12,14-15,25-26,31,35H,8-11,13,16-17H2,1H3;3-8,13,15-16,19,31,35H,9-12,14,17-18H2,1-2H3. The number of aryl methyl sites for hydroxylation is 1. The van der Waals surface area contributed by atoms with E-state index in [0.717, 1.165) is 151 Å². The molecule has 4 aliphatic heterocycles. The molecule has 13 heterocycles. The third-order valence-electron chi connectivity index (χ3n) is 21.3. The lowest BCUT2D eigenvalue weighted by molar-refractivity contribution is 0.0652. The number of piperazine rings is 3. The van der Waals surface area contributed by atoms with Gasteiger partial charge in [-0.15, -0.1) is 0 Å². The lowest BCUT2D eigenvalue weighted by Crippen LogP contribution is -2.47. The number of aliphatic hydroxyl groups is 2. The Hall–Kier alpha value is -12.2. The third kappa shape index (κ3) is 19.9. The predicted molar refractivity (Wildman–Crippen MR) is 442 cm³/mol. The van der Waals surface area contributed by atoms with E-state index < -0.39 is 12.2 Å². The zero-order valence-electron chi connectivity index (χ0n) is 65.9. The number of fused-ring (bicyclic) bond motifs is 3. The number of aliphatic hydroxyl groups excluding tert-OH is 2. The molecule has 4 fully saturated rings. The number of carbonyl (C=O) groups is 3. The monoisotopic (exact) mass is 1560 g/mol. The van der Waals surface area contributed by atoms with Gasteiger partial charge in [-0.25, -0.2) is 29.9 Å². The molecule has 0 saturated carbocycles. The van der Waals surface area contributed by atoms with Gasteiger partial charge in [0.25, 0.3) is 17.7 Å². The minimum atomic E-state index is -0.643. The first kappa shape index (κ1) is 79.0. The van der Waals surface area contributed by atoms with E-state index in [4.69, 9.17) is 33.9 Å². The summed E-state index contributed by atoms with van der Waals surface area (Å²) in [5.74, 6) is 4.29. The fourth-order valence-corrected chi connectivity index (χ4v) is 14.4. The Balaban J connectivity index is 0.000000137. The SMILES string of the molecule is CC(CO)COc1ccnc(-c2ccnc(Cc3ccc4[nH]c(C(=O)N5CCN(C)CC5)cc4c3)n2)c1.CCc1ccccc1COc1ccnc(-c2ccnc(Cc3ccc4[nH]c(C(=O)N5CCN(C)CC5)cc4c3)n2)c1.CN1CCN(C(=O)c2cc3cc(Cc4nccc(-c5cc(OC6COCC6O)ccn5)n4)ccc3[nH]2)CC1. The van der Waals surface area contributed by atoms with Gasteiger partial charge in [0.1, 0.15) is 70.6 Å². The van der Waals surface area contributed by atoms with E-state index in [1.165, 1.54) is 11.1 Å². The number of likely N-dealkylation sites (N-methyl/N-ethyl adjacent to an activating group) is 3. The maximum Gasteiger partial charge on any atom is 0.270 e. The quantitative estimate of drug-likeness (QED) is 0.0421. The highest BCUT2D eigenvalue weighted by atomic mass is 16.6. The Labute approximate surface area is 672 Å². The van der Waals surface area contributed by atoms with Gasteiger partial charge in [-0.05, 0) is 146 Å². The maximum absolute atomic E-state index is 13.0. The van der Waals surface area contributed by atoms with Crippen LogP contribution in [-0.2, 0) is 37.0 Å². The van der Waals surface area contributed by atoms with Gasteiger partial charge < -0.3 is 73.5 Å². The molecule has 17 rings (SSSR count). The molecule has 27 nitrogen and oxygen atoms in total. The number of carbonyl (C=O) groups excluding carboxylic acids is 3. The number of hydrogen-bond acceptors (Lipinski definition) is 21. The number of nitrogens with zero attached hydrogens (tertiary/aromatic N) is 15. The van der Waals surface area contributed by atoms with Crippen molar-refractivity contribution in [2.45, 2.75) is 58.3 Å². The minimum Gasteiger partial charge on any atom is -0.493 e. The van der Waals surface area contributed by atoms with Crippen LogP contribution in [0.4, 0.5) is 0 Å². The lowest BCUT2D eigenvalue weighted by Gasteiger charge is -2.32. The van der Waals surface area contributed by atoms with Gasteiger partial charge in [-0.1, -0.05) is 56.3 Å². The van der Waals surface area contributed by atoms with Crippen molar-refractivity contribution in [3.05, 3.63) is 251 Å². The summed E-state index contributed by atoms with van der Waals surface area (Å²) in [5, 5.41) is 22.2. The highest BCUT2D eigenvalue weighted by Gasteiger charge is 2.29. The van der Waals surface area contributed by atoms with Crippen molar-refractivity contribution in [2.24, 2.45) is 5.92 Å². The van der Waals surface area contributed by atoms with E-state index in [1.54, 1.807) is 49.3 Å². The van der Waals surface area contributed by atoms with Crippen molar-refractivity contribution in [1.29, 1.82) is 0 Å². The number of nitrogens with one attached hydrogen (secondary N) is 3. The number of aromatic nitrogens is 12. The van der Waals surface area contributed by atoms with Gasteiger partial charge in [-0.3, -0.25) is 29.3 Å². The van der Waals surface area contributed by atoms with E-state index in [0.29, 0.717) is 108 Å². The van der Waals surface area contributed by atoms with E-state index in [-0.39, 0.29) is 36.9 Å². The molecular weight excluding hydrogens is 1470 g/mol. The average Bonchev–Trinajstić information content (AvgIpc) is 1.67. The molecule has 596 valence electrons. The van der Waals surface area contributed by atoms with Crippen LogP contribution in [0.25, 0.3) is 66.9 Å². The first-order chi connectivity index (χ1) is 56.5. The fourth-order valence-electron chi connectivity index (χ4n) is 14.4. The largest absolute Gasteiger partial charge is 0.493 e. The van der Waals surface area contributed by atoms with Crippen LogP contribution in [-0.4, -0.2) is 255 Å². The molecule has 9 aromatic heterocycles. The molecule has 3 atom stereocenters. The Kier molecular flexibility index (Phi) is 25.1. The van der Waals surface area contributed by atoms with Crippen molar-refractivity contribution in [3.8, 4) is 51.4 Å². The van der Waals surface area contributed by atoms with Gasteiger partial charge in [0.05, 0.1) is 54.0 Å². The van der Waals surface area contributed by atoms with Crippen molar-refractivity contribution in [3.63, 3.8) is 0 Å². The summed E-state index contributed by atoms with van der Waals surface area (Å²) in [4.78, 5) is 102. The van der Waals surface area contributed by atoms with Gasteiger partial charge in [0.2, 0.25) is 0 Å². The highest BCUT2D eigenvalue weighted by Crippen LogP contribution is 2.29. The predicted octanol–water partition coefficient (Wildman–Crippen LogP) is 10.3. The zero-order valence-corrected chi connectivity index (χ0v) is 65.9. The number of hydrogen-bond donors (Lipinski definition) is 5. The van der Waals surface area contributed by atoms with E-state index in [2.05, 4.69) is 130 Å². The first-order valence-electron chi connectivity index (χ1n) is 39.5. The summed E-state index contributed by atoms with van der Waals surface area (Å²) in [7, 11) is 6.24. The zero-order chi connectivity index (χ0) is 80.0. The topological polar surface area (TPSA) is 311 Å². The van der Waals surface area contributed by atoms with Gasteiger partial charge in [-0.2, -0.15) is 0 Å². The number of rotatable bonds is 22. The Morgan fingerprint density at radius 1 is 0.448 bits per heavy atom. The van der Waals surface area contributed by atoms with Crippen LogP contribution < -0.4 is 14.2 Å². The third-order valence-corrected chi connectivity index (χ3v) is 21.3. The molecule has 5 N–H and O–H groups in total. The maximum atomic E-state index is 13.0. The molecule has 4 saturated heterocycles. The number of ether oxygens (including phenoxy) is 4. The Morgan fingerprint density at radius 2 is 0.828 bits per heavy atom. The van der Waals surface area contributed by atoms with Crippen LogP contribution in [0.3, 0.4) is 0 Å². The highest BCUT2D eigenvalue weighted by molar-refractivity contribution is 6.00. The normalized spacial score (nSPS) is 16.4. The molecule has 116 heavy (non-hydrogen) atoms. The summed E-state index contributed by atoms with van der Waals surface area (Å²) in [5.41, 5.74) is 14.6. The van der Waals surface area contributed by atoms with Crippen molar-refractivity contribution in [1.82, 2.24) is 89.2 Å². The fraction of sp³-hybridized carbons (Fsp3) is 0.326. The van der Waals surface area contributed by atoms with Crippen molar-refractivity contribution < 1.29 is 43.5 Å². The number of H-pyrrole nitrogens is 3. The van der Waals surface area contributed by atoms with E-state index >= 15 is 0 Å². The van der Waals surface area contributed by atoms with Crippen LogP contribution in [0.1, 0.15) is 90.6 Å². The van der Waals surface area contributed by atoms with Crippen molar-refractivity contribution >= 4 is 50.4 Å². The minimum absolute atomic E-state index is 0.0422. The summed E-state index contributed by atoms with van der Waals surface area (Å²) >= 11 is 0. The number of amides is 3. The first-order valence-corrected chi connectivity index (χ1v) is 39.5. The second kappa shape index (κ2) is 36.9. The molecule has 3 amide bonds. The van der Waals surface area contributed by atoms with Gasteiger partial charge in [0.15, 0.2) is 0 Å². The number of pyridine rings is 3. The van der Waals surface area contributed by atoms with E-state index in [1.807, 2.05) is 119 Å². The molecule has 0 bridgehead atoms. The average molecular weight is 1560 g/mol. The summed E-state index contributed by atoms with van der Waals surface area (Å²) in [6.07, 6.45) is 11.9. The van der Waals surface area contributed by atoms with Crippen LogP contribution in [0.15, 0.2) is 189 Å². The number of aromatic amines is 3. The molecule has 27 heteroatoms. The van der Waals surface area contributed by atoms with Crippen LogP contribution in [0.2, 0.25) is 0 Å². The number of benzene rings is 4. The van der Waals surface area contributed by atoms with Gasteiger partial charge in [0, 0.05) is 198 Å². The second-order valence-electron chi connectivity index (χ2n) is 30.1. The molecule has 0 aliphatic carbocycles. The summed E-state index contributed by atoms with van der Waals surface area (Å²) in [6.45, 7) is 15.6. The van der Waals surface area contributed by atoms with Crippen LogP contribution in [0.5, 0.6) is 17.2 Å². The molecule has 0 radical (unpaired) electrons. The molecular formula is C89H96N18O9. The van der Waals surface area contributed by atoms with E-state index in [9.17, 15) is 24.6 Å². The van der Waals surface area contributed by atoms with Crippen LogP contribution >= 0.6 is 0 Å². The molecule has 4 aromatic carbocycles. The Bertz CT molecular complexity index is 5570. The van der Waals surface area contributed by atoms with Gasteiger partial charge >= 0.3 is 0 Å². The molecule has 0 spiro atoms. The second-order valence-corrected chi connectivity index (χ2v) is 30.1. The molecule has 13 aromatic rings. The summed E-state index contributed by atoms with van der Waals surface area (Å²) < 4.78 is 23.0. The lowest BCUT2D eigenvalue weighted by atomic mass is 10.1.